The molecule has 4 rings (SSSR count). The summed E-state index contributed by atoms with van der Waals surface area (Å²) < 4.78 is 8.00. The summed E-state index contributed by atoms with van der Waals surface area (Å²) >= 11 is 3.86. The van der Waals surface area contributed by atoms with Crippen LogP contribution in [0.5, 0.6) is 0 Å². The van der Waals surface area contributed by atoms with Crippen molar-refractivity contribution in [2.45, 2.75) is 32.0 Å². The molecule has 3 aromatic heterocycles. The van der Waals surface area contributed by atoms with Crippen molar-refractivity contribution in [2.24, 2.45) is 5.73 Å². The Morgan fingerprint density at radius 2 is 2.00 bits per heavy atom. The molecule has 0 fully saturated rings. The van der Waals surface area contributed by atoms with E-state index in [2.05, 4.69) is 40.0 Å². The van der Waals surface area contributed by atoms with Crippen LogP contribution in [0.15, 0.2) is 34.8 Å². The first-order valence-corrected chi connectivity index (χ1v) is 13.4. The van der Waals surface area contributed by atoms with Crippen LogP contribution in [-0.4, -0.2) is 45.4 Å². The molecule has 35 heavy (non-hydrogen) atoms. The predicted molar refractivity (Wildman–Crippen MR) is 139 cm³/mol. The average molecular weight is 530 g/mol. The van der Waals surface area contributed by atoms with Crippen molar-refractivity contribution in [3.05, 3.63) is 45.6 Å². The Hall–Kier alpha value is -3.22. The number of thiophene rings is 2. The van der Waals surface area contributed by atoms with Gasteiger partial charge in [-0.05, 0) is 25.0 Å². The van der Waals surface area contributed by atoms with Gasteiger partial charge in [-0.3, -0.25) is 9.59 Å². The Balaban J connectivity index is 1.55. The number of hydrogen-bond donors (Lipinski definition) is 2. The minimum absolute atomic E-state index is 0.0374. The molecule has 2 amide bonds. The van der Waals surface area contributed by atoms with Gasteiger partial charge in [0, 0.05) is 27.6 Å². The molecule has 4 aromatic rings. The number of carbonyl (C=O) groups is 3. The van der Waals surface area contributed by atoms with Crippen LogP contribution in [0.2, 0.25) is 0 Å². The summed E-state index contributed by atoms with van der Waals surface area (Å²) in [5.41, 5.74) is 6.94. The number of thioether (sulfide) groups is 1. The van der Waals surface area contributed by atoms with Crippen LogP contribution < -0.4 is 11.1 Å². The molecule has 0 aliphatic rings. The number of ether oxygens (including phenoxy) is 1. The minimum atomic E-state index is -0.673. The highest BCUT2D eigenvalue weighted by Gasteiger charge is 2.25. The highest BCUT2D eigenvalue weighted by Crippen LogP contribution is 2.35. The minimum Gasteiger partial charge on any atom is -0.465 e. The number of fused-ring (bicyclic) bond motifs is 1. The summed E-state index contributed by atoms with van der Waals surface area (Å²) in [7, 11) is 1.24. The maximum atomic E-state index is 12.8. The molecule has 9 nitrogen and oxygen atoms in total. The maximum Gasteiger partial charge on any atom is 0.341 e. The number of nitrogens with one attached hydrogen (secondary N) is 1. The van der Waals surface area contributed by atoms with Crippen molar-refractivity contribution < 1.29 is 19.1 Å². The van der Waals surface area contributed by atoms with Gasteiger partial charge in [0.1, 0.15) is 5.00 Å². The number of benzene rings is 1. The second-order valence-corrected chi connectivity index (χ2v) is 10.4. The summed E-state index contributed by atoms with van der Waals surface area (Å²) in [4.78, 5) is 36.9. The summed E-state index contributed by atoms with van der Waals surface area (Å²) in [5.74, 6) is -0.875. The highest BCUT2D eigenvalue weighted by molar-refractivity contribution is 7.99. The third kappa shape index (κ3) is 4.95. The van der Waals surface area contributed by atoms with Crippen molar-refractivity contribution in [1.82, 2.24) is 14.8 Å². The van der Waals surface area contributed by atoms with Gasteiger partial charge in [-0.25, -0.2) is 4.79 Å². The Labute approximate surface area is 213 Å². The number of nitrogens with zero attached hydrogens (tertiary/aromatic N) is 3. The van der Waals surface area contributed by atoms with Crippen molar-refractivity contribution in [1.29, 1.82) is 0 Å². The summed E-state index contributed by atoms with van der Waals surface area (Å²) in [5, 5.41) is 15.5. The zero-order valence-electron chi connectivity index (χ0n) is 19.3. The summed E-state index contributed by atoms with van der Waals surface area (Å²) in [6.07, 6.45) is 0.875. The van der Waals surface area contributed by atoms with E-state index in [0.29, 0.717) is 17.3 Å². The van der Waals surface area contributed by atoms with Crippen LogP contribution in [0.4, 0.5) is 5.00 Å². The summed E-state index contributed by atoms with van der Waals surface area (Å²) in [6, 6.07) is 8.14. The van der Waals surface area contributed by atoms with E-state index >= 15 is 0 Å². The van der Waals surface area contributed by atoms with E-state index in [1.807, 2.05) is 16.7 Å². The summed E-state index contributed by atoms with van der Waals surface area (Å²) in [6.45, 7) is 4.37. The van der Waals surface area contributed by atoms with Gasteiger partial charge in [0.25, 0.3) is 5.91 Å². The Bertz CT molecular complexity index is 1420. The lowest BCUT2D eigenvalue weighted by atomic mass is 10.1. The van der Waals surface area contributed by atoms with E-state index in [9.17, 15) is 14.4 Å². The number of aromatic nitrogens is 3. The number of hydrogen-bond acceptors (Lipinski definition) is 9. The van der Waals surface area contributed by atoms with Crippen molar-refractivity contribution >= 4 is 67.3 Å². The Morgan fingerprint density at radius 3 is 2.71 bits per heavy atom. The number of carbonyl (C=O) groups excluding carboxylic acids is 3. The highest BCUT2D eigenvalue weighted by atomic mass is 32.2. The van der Waals surface area contributed by atoms with E-state index in [1.165, 1.54) is 23.6 Å². The number of rotatable bonds is 9. The van der Waals surface area contributed by atoms with Gasteiger partial charge in [-0.2, -0.15) is 0 Å². The Kier molecular flexibility index (Phi) is 7.53. The molecule has 0 bridgehead atoms. The number of primary amides is 1. The number of nitrogens with two attached hydrogens (primary N) is 1. The lowest BCUT2D eigenvalue weighted by molar-refractivity contribution is -0.113. The number of methoxy groups -OCH3 is 1. The van der Waals surface area contributed by atoms with E-state index in [-0.39, 0.29) is 27.1 Å². The fourth-order valence-electron chi connectivity index (χ4n) is 3.65. The number of esters is 1. The molecule has 182 valence electrons. The third-order valence-corrected chi connectivity index (χ3v) is 8.38. The molecule has 0 spiro atoms. The van der Waals surface area contributed by atoms with Gasteiger partial charge in [0.2, 0.25) is 5.91 Å². The fraction of sp³-hybridized carbons (Fsp3) is 0.261. The molecule has 3 heterocycles. The van der Waals surface area contributed by atoms with Gasteiger partial charge >= 0.3 is 5.97 Å². The van der Waals surface area contributed by atoms with Crippen molar-refractivity contribution in [3.63, 3.8) is 0 Å². The van der Waals surface area contributed by atoms with Gasteiger partial charge in [0.15, 0.2) is 11.0 Å². The zero-order chi connectivity index (χ0) is 25.1. The first-order chi connectivity index (χ1) is 16.8. The van der Waals surface area contributed by atoms with E-state index in [1.54, 1.807) is 18.3 Å². The first-order valence-electron chi connectivity index (χ1n) is 10.7. The molecule has 3 N–H and O–H groups in total. The van der Waals surface area contributed by atoms with Gasteiger partial charge < -0.3 is 20.4 Å². The molecule has 0 aliphatic heterocycles. The predicted octanol–water partition coefficient (Wildman–Crippen LogP) is 4.56. The van der Waals surface area contributed by atoms with Crippen LogP contribution in [-0.2, 0) is 16.1 Å². The lowest BCUT2D eigenvalue weighted by Gasteiger charge is -2.09. The number of anilines is 1. The van der Waals surface area contributed by atoms with Crippen LogP contribution in [0.3, 0.4) is 0 Å². The van der Waals surface area contributed by atoms with Crippen molar-refractivity contribution in [2.75, 3.05) is 18.2 Å². The third-order valence-electron chi connectivity index (χ3n) is 5.23. The smallest absolute Gasteiger partial charge is 0.341 e. The molecule has 0 radical (unpaired) electrons. The lowest BCUT2D eigenvalue weighted by Crippen LogP contribution is -2.16. The molecule has 0 unspecified atom stereocenters. The molecule has 0 saturated carbocycles. The average Bonchev–Trinajstić information content (AvgIpc) is 3.53. The molecular formula is C23H23N5O4S3. The second-order valence-electron chi connectivity index (χ2n) is 7.56. The van der Waals surface area contributed by atoms with Gasteiger partial charge in [0.05, 0.1) is 23.3 Å². The monoisotopic (exact) mass is 529 g/mol. The molecule has 0 aliphatic carbocycles. The standard InChI is InChI=1S/C23H23N5O4S3/c1-4-9-28-20(14-10-33-15-8-6-5-7-13(14)15)26-27-23(28)34-11-16(29)25-21-17(22(31)32-3)12(2)18(35-21)19(24)30/h5-8,10H,4,9,11H2,1-3H3,(H2,24,30)(H,25,29). The molecule has 12 heteroatoms. The van der Waals surface area contributed by atoms with Crippen LogP contribution >= 0.6 is 34.4 Å². The molecular weight excluding hydrogens is 506 g/mol. The van der Waals surface area contributed by atoms with Gasteiger partial charge in [-0.1, -0.05) is 36.9 Å². The topological polar surface area (TPSA) is 129 Å². The van der Waals surface area contributed by atoms with E-state index in [0.717, 1.165) is 34.5 Å². The second kappa shape index (κ2) is 10.6. The fourth-order valence-corrected chi connectivity index (χ4v) is 6.42. The maximum absolute atomic E-state index is 12.8. The van der Waals surface area contributed by atoms with E-state index in [4.69, 9.17) is 10.5 Å². The first kappa shape index (κ1) is 24.9. The molecule has 0 saturated heterocycles. The Morgan fingerprint density at radius 1 is 1.23 bits per heavy atom. The van der Waals surface area contributed by atoms with Crippen LogP contribution in [0.1, 0.15) is 38.9 Å². The number of amides is 2. The molecule has 0 atom stereocenters. The largest absolute Gasteiger partial charge is 0.465 e. The molecule has 1 aromatic carbocycles. The van der Waals surface area contributed by atoms with Crippen LogP contribution in [0, 0.1) is 6.92 Å². The van der Waals surface area contributed by atoms with E-state index < -0.39 is 11.9 Å². The normalized spacial score (nSPS) is 11.1. The SMILES string of the molecule is CCCn1c(SCC(=O)Nc2sc(C(N)=O)c(C)c2C(=O)OC)nnc1-c1csc2ccccc12. The zero-order valence-corrected chi connectivity index (χ0v) is 21.7. The van der Waals surface area contributed by atoms with Crippen LogP contribution in [0.25, 0.3) is 21.5 Å². The quantitative estimate of drug-likeness (QED) is 0.240. The van der Waals surface area contributed by atoms with Crippen molar-refractivity contribution in [3.8, 4) is 11.4 Å². The van der Waals surface area contributed by atoms with Gasteiger partial charge in [-0.15, -0.1) is 32.9 Å².